The molecule has 0 aliphatic carbocycles. The number of carbonyl (C=O) groups excluding carboxylic acids is 1. The van der Waals surface area contributed by atoms with Crippen LogP contribution in [0.1, 0.15) is 64.6 Å². The third-order valence-corrected chi connectivity index (χ3v) is 7.34. The monoisotopic (exact) mass is 570 g/mol. The van der Waals surface area contributed by atoms with Crippen LogP contribution in [0.3, 0.4) is 0 Å². The van der Waals surface area contributed by atoms with Crippen LogP contribution in [0.15, 0.2) is 58.9 Å². The Morgan fingerprint density at radius 3 is 2.67 bits per heavy atom. The number of aromatic nitrogens is 3. The van der Waals surface area contributed by atoms with Gasteiger partial charge in [0.15, 0.2) is 11.5 Å². The van der Waals surface area contributed by atoms with E-state index >= 15 is 0 Å². The van der Waals surface area contributed by atoms with Crippen molar-refractivity contribution in [2.45, 2.75) is 71.4 Å². The second-order valence-electron chi connectivity index (χ2n) is 9.40. The van der Waals surface area contributed by atoms with Crippen molar-refractivity contribution in [2.24, 2.45) is 0 Å². The molecular formula is C29H35ClN4O4S. The fraction of sp³-hybridized carbons (Fsp3) is 0.414. The maximum atomic E-state index is 13.3. The van der Waals surface area contributed by atoms with Crippen LogP contribution in [0.4, 0.5) is 5.95 Å². The van der Waals surface area contributed by atoms with Crippen molar-refractivity contribution in [1.29, 1.82) is 0 Å². The van der Waals surface area contributed by atoms with Crippen LogP contribution in [0.5, 0.6) is 11.5 Å². The summed E-state index contributed by atoms with van der Waals surface area (Å²) in [6.07, 6.45) is 1.90. The second-order valence-corrected chi connectivity index (χ2v) is 10.9. The maximum Gasteiger partial charge on any atom is 0.338 e. The first-order chi connectivity index (χ1) is 18.8. The molecule has 1 N–H and O–H groups in total. The standard InChI is InChI=1S/C29H35ClN4O4S/c1-6-8-15-39-29-32-28-31-19(5)25(27(35)38-18(3)4)26(34(28)33-29)20-13-14-23(24(16-20)36-7-2)37-17-21-11-9-10-12-22(21)30/h9-14,16,18,26H,6-8,15,17H2,1-5H3,(H,31,32,33). The number of carbonyl (C=O) groups is 1. The van der Waals surface area contributed by atoms with Crippen LogP contribution in [-0.4, -0.2) is 39.2 Å². The minimum Gasteiger partial charge on any atom is -0.490 e. The summed E-state index contributed by atoms with van der Waals surface area (Å²) in [7, 11) is 0. The molecular weight excluding hydrogens is 536 g/mol. The van der Waals surface area contributed by atoms with E-state index in [-0.39, 0.29) is 6.10 Å². The molecule has 0 spiro atoms. The Hall–Kier alpha value is -3.17. The number of nitrogens with zero attached hydrogens (tertiary/aromatic N) is 3. The smallest absolute Gasteiger partial charge is 0.338 e. The number of thioether (sulfide) groups is 1. The summed E-state index contributed by atoms with van der Waals surface area (Å²) in [5.41, 5.74) is 2.82. The zero-order chi connectivity index (χ0) is 27.9. The van der Waals surface area contributed by atoms with Gasteiger partial charge in [0.05, 0.1) is 18.3 Å². The Balaban J connectivity index is 1.72. The van der Waals surface area contributed by atoms with Crippen LogP contribution < -0.4 is 14.8 Å². The molecule has 208 valence electrons. The molecule has 10 heteroatoms. The molecule has 0 saturated carbocycles. The number of benzene rings is 2. The first kappa shape index (κ1) is 28.8. The summed E-state index contributed by atoms with van der Waals surface area (Å²) in [6.45, 7) is 10.3. The van der Waals surface area contributed by atoms with Crippen molar-refractivity contribution in [3.05, 3.63) is 69.9 Å². The summed E-state index contributed by atoms with van der Waals surface area (Å²) in [5.74, 6) is 2.24. The summed E-state index contributed by atoms with van der Waals surface area (Å²) in [4.78, 5) is 18.0. The van der Waals surface area contributed by atoms with Gasteiger partial charge in [0.1, 0.15) is 12.6 Å². The molecule has 2 aromatic carbocycles. The molecule has 4 rings (SSSR count). The Bertz CT molecular complexity index is 1340. The van der Waals surface area contributed by atoms with Crippen LogP contribution >= 0.6 is 23.4 Å². The molecule has 0 fully saturated rings. The van der Waals surface area contributed by atoms with Gasteiger partial charge < -0.3 is 19.5 Å². The first-order valence-electron chi connectivity index (χ1n) is 13.2. The zero-order valence-electron chi connectivity index (χ0n) is 23.0. The summed E-state index contributed by atoms with van der Waals surface area (Å²) in [6, 6.07) is 12.7. The predicted molar refractivity (Wildman–Crippen MR) is 155 cm³/mol. The molecule has 1 aliphatic heterocycles. The average Bonchev–Trinajstić information content (AvgIpc) is 3.30. The molecule has 0 radical (unpaired) electrons. The summed E-state index contributed by atoms with van der Waals surface area (Å²) in [5, 5.41) is 9.34. The highest BCUT2D eigenvalue weighted by Crippen LogP contribution is 2.40. The number of nitrogens with one attached hydrogen (secondary N) is 1. The lowest BCUT2D eigenvalue weighted by Gasteiger charge is -2.29. The molecule has 1 aliphatic rings. The molecule has 39 heavy (non-hydrogen) atoms. The van der Waals surface area contributed by atoms with Crippen LogP contribution in [-0.2, 0) is 16.1 Å². The number of ether oxygens (including phenoxy) is 3. The normalized spacial score (nSPS) is 14.7. The molecule has 0 amide bonds. The highest BCUT2D eigenvalue weighted by atomic mass is 35.5. The van der Waals surface area contributed by atoms with Gasteiger partial charge in [0.25, 0.3) is 0 Å². The van der Waals surface area contributed by atoms with Gasteiger partial charge in [-0.05, 0) is 57.9 Å². The Morgan fingerprint density at radius 1 is 1.15 bits per heavy atom. The number of unbranched alkanes of at least 4 members (excludes halogenated alkanes) is 1. The molecule has 3 aromatic rings. The molecule has 2 heterocycles. The van der Waals surface area contributed by atoms with Crippen molar-refractivity contribution in [3.8, 4) is 11.5 Å². The Morgan fingerprint density at radius 2 is 1.95 bits per heavy atom. The van der Waals surface area contributed by atoms with E-state index in [0.29, 0.717) is 52.1 Å². The van der Waals surface area contributed by atoms with E-state index in [9.17, 15) is 4.79 Å². The third-order valence-electron chi connectivity index (χ3n) is 6.05. The number of allylic oxidation sites excluding steroid dienone is 1. The number of rotatable bonds is 12. The van der Waals surface area contributed by atoms with E-state index in [1.165, 1.54) is 0 Å². The van der Waals surface area contributed by atoms with Gasteiger partial charge in [-0.15, -0.1) is 5.10 Å². The number of esters is 1. The van der Waals surface area contributed by atoms with E-state index in [1.807, 2.05) is 70.2 Å². The fourth-order valence-corrected chi connectivity index (χ4v) is 5.31. The fourth-order valence-electron chi connectivity index (χ4n) is 4.20. The SMILES string of the molecule is CCCCSc1nc2n(n1)C(c1ccc(OCc3ccccc3Cl)c(OCC)c1)C(C(=O)OC(C)C)=C(C)N2. The minimum atomic E-state index is -0.558. The van der Waals surface area contributed by atoms with E-state index < -0.39 is 12.0 Å². The number of halogens is 1. The zero-order valence-corrected chi connectivity index (χ0v) is 24.6. The topological polar surface area (TPSA) is 87.5 Å². The van der Waals surface area contributed by atoms with Gasteiger partial charge in [0.2, 0.25) is 11.1 Å². The first-order valence-corrected chi connectivity index (χ1v) is 14.6. The number of fused-ring (bicyclic) bond motifs is 1. The van der Waals surface area contributed by atoms with Crippen molar-refractivity contribution >= 4 is 35.3 Å². The van der Waals surface area contributed by atoms with Crippen molar-refractivity contribution in [2.75, 3.05) is 17.7 Å². The summed E-state index contributed by atoms with van der Waals surface area (Å²) >= 11 is 7.92. The van der Waals surface area contributed by atoms with E-state index in [0.717, 1.165) is 29.7 Å². The number of hydrogen-bond acceptors (Lipinski definition) is 8. The van der Waals surface area contributed by atoms with Crippen molar-refractivity contribution in [3.63, 3.8) is 0 Å². The molecule has 1 atom stereocenters. The number of hydrogen-bond donors (Lipinski definition) is 1. The molecule has 8 nitrogen and oxygen atoms in total. The van der Waals surface area contributed by atoms with Crippen molar-refractivity contribution in [1.82, 2.24) is 14.8 Å². The second kappa shape index (κ2) is 13.3. The lowest BCUT2D eigenvalue weighted by atomic mass is 9.95. The van der Waals surface area contributed by atoms with Crippen LogP contribution in [0, 0.1) is 0 Å². The van der Waals surface area contributed by atoms with E-state index in [2.05, 4.69) is 12.2 Å². The van der Waals surface area contributed by atoms with Gasteiger partial charge in [0, 0.05) is 22.0 Å². The third kappa shape index (κ3) is 6.89. The van der Waals surface area contributed by atoms with E-state index in [4.69, 9.17) is 35.9 Å². The van der Waals surface area contributed by atoms with Gasteiger partial charge in [-0.2, -0.15) is 4.98 Å². The number of anilines is 1. The highest BCUT2D eigenvalue weighted by molar-refractivity contribution is 7.99. The van der Waals surface area contributed by atoms with Gasteiger partial charge in [-0.3, -0.25) is 0 Å². The quantitative estimate of drug-likeness (QED) is 0.141. The summed E-state index contributed by atoms with van der Waals surface area (Å²) < 4.78 is 19.5. The lowest BCUT2D eigenvalue weighted by molar-refractivity contribution is -0.143. The van der Waals surface area contributed by atoms with Crippen LogP contribution in [0.2, 0.25) is 5.02 Å². The van der Waals surface area contributed by atoms with Gasteiger partial charge in [-0.1, -0.05) is 61.0 Å². The molecule has 1 unspecified atom stereocenters. The van der Waals surface area contributed by atoms with Crippen molar-refractivity contribution < 1.29 is 19.0 Å². The highest BCUT2D eigenvalue weighted by Gasteiger charge is 2.36. The molecule has 0 bridgehead atoms. The minimum absolute atomic E-state index is 0.268. The van der Waals surface area contributed by atoms with Gasteiger partial charge in [-0.25, -0.2) is 9.48 Å². The predicted octanol–water partition coefficient (Wildman–Crippen LogP) is 7.04. The Labute approximate surface area is 239 Å². The van der Waals surface area contributed by atoms with Crippen LogP contribution in [0.25, 0.3) is 0 Å². The lowest BCUT2D eigenvalue weighted by Crippen LogP contribution is -2.30. The largest absolute Gasteiger partial charge is 0.490 e. The van der Waals surface area contributed by atoms with Gasteiger partial charge >= 0.3 is 5.97 Å². The molecule has 0 saturated heterocycles. The van der Waals surface area contributed by atoms with E-state index in [1.54, 1.807) is 16.4 Å². The maximum absolute atomic E-state index is 13.3. The average molecular weight is 571 g/mol. The Kier molecular flexibility index (Phi) is 9.80. The molecule has 1 aromatic heterocycles.